The van der Waals surface area contributed by atoms with E-state index in [1.54, 1.807) is 12.1 Å². The number of morpholine rings is 1. The molecule has 0 spiro atoms. The number of ether oxygens (including phenoxy) is 1. The monoisotopic (exact) mass is 510 g/mol. The first-order valence-corrected chi connectivity index (χ1v) is 12.0. The number of furan rings is 1. The van der Waals surface area contributed by atoms with Gasteiger partial charge in [0.2, 0.25) is 5.71 Å². The van der Waals surface area contributed by atoms with Gasteiger partial charge in [0.25, 0.3) is 0 Å². The molecule has 2 aliphatic rings. The van der Waals surface area contributed by atoms with Gasteiger partial charge in [0, 0.05) is 49.5 Å². The van der Waals surface area contributed by atoms with Crippen molar-refractivity contribution in [3.05, 3.63) is 54.7 Å². The zero-order valence-electron chi connectivity index (χ0n) is 19.8. The second kappa shape index (κ2) is 10.4. The Bertz CT molecular complexity index is 1320. The second-order valence-corrected chi connectivity index (χ2v) is 9.02. The van der Waals surface area contributed by atoms with Gasteiger partial charge in [0.1, 0.15) is 29.5 Å². The van der Waals surface area contributed by atoms with E-state index >= 15 is 0 Å². The number of piperidine rings is 1. The molecule has 0 radical (unpaired) electrons. The van der Waals surface area contributed by atoms with Gasteiger partial charge in [0.05, 0.1) is 18.6 Å². The van der Waals surface area contributed by atoms with Gasteiger partial charge >= 0.3 is 0 Å². The summed E-state index contributed by atoms with van der Waals surface area (Å²) in [5, 5.41) is 0.821. The minimum absolute atomic E-state index is 0. The van der Waals surface area contributed by atoms with Gasteiger partial charge in [-0.25, -0.2) is 19.3 Å². The Labute approximate surface area is 214 Å². The van der Waals surface area contributed by atoms with Crippen LogP contribution >= 0.6 is 12.4 Å². The molecular formula is C26H28ClFN6O2. The van der Waals surface area contributed by atoms with Crippen LogP contribution in [0.4, 0.5) is 16.0 Å². The Morgan fingerprint density at radius 1 is 0.861 bits per heavy atom. The summed E-state index contributed by atoms with van der Waals surface area (Å²) in [7, 11) is 0. The number of rotatable bonds is 4. The van der Waals surface area contributed by atoms with Crippen LogP contribution in [-0.4, -0.2) is 60.4 Å². The number of aromatic nitrogens is 3. The van der Waals surface area contributed by atoms with Crippen LogP contribution in [0.1, 0.15) is 12.8 Å². The predicted molar refractivity (Wildman–Crippen MR) is 140 cm³/mol. The lowest BCUT2D eigenvalue weighted by atomic mass is 9.99. The first kappa shape index (κ1) is 24.4. The average Bonchev–Trinajstić information content (AvgIpc) is 3.30. The maximum Gasteiger partial charge on any atom is 0.232 e. The smallest absolute Gasteiger partial charge is 0.232 e. The highest BCUT2D eigenvalue weighted by atomic mass is 35.5. The molecule has 188 valence electrons. The number of halogens is 2. The van der Waals surface area contributed by atoms with Crippen LogP contribution in [0.3, 0.4) is 0 Å². The Kier molecular flexibility index (Phi) is 7.04. The summed E-state index contributed by atoms with van der Waals surface area (Å²) in [5.74, 6) is 2.07. The number of fused-ring (bicyclic) bond motifs is 1. The van der Waals surface area contributed by atoms with Crippen molar-refractivity contribution < 1.29 is 13.5 Å². The fourth-order valence-electron chi connectivity index (χ4n) is 4.86. The van der Waals surface area contributed by atoms with E-state index in [9.17, 15) is 4.39 Å². The third-order valence-electron chi connectivity index (χ3n) is 6.79. The van der Waals surface area contributed by atoms with E-state index in [0.29, 0.717) is 24.7 Å². The minimum atomic E-state index is -0.291. The van der Waals surface area contributed by atoms with Crippen LogP contribution in [0.25, 0.3) is 33.6 Å². The number of benzene rings is 1. The second-order valence-electron chi connectivity index (χ2n) is 9.02. The number of hydrogen-bond acceptors (Lipinski definition) is 8. The summed E-state index contributed by atoms with van der Waals surface area (Å²) < 4.78 is 25.6. The van der Waals surface area contributed by atoms with Gasteiger partial charge in [-0.05, 0) is 42.7 Å². The lowest BCUT2D eigenvalue weighted by Gasteiger charge is -2.31. The molecule has 2 fully saturated rings. The van der Waals surface area contributed by atoms with Gasteiger partial charge < -0.3 is 24.7 Å². The van der Waals surface area contributed by atoms with Crippen molar-refractivity contribution in [1.29, 1.82) is 0 Å². The molecular weight excluding hydrogens is 483 g/mol. The minimum Gasteiger partial charge on any atom is -0.437 e. The summed E-state index contributed by atoms with van der Waals surface area (Å²) in [5.41, 5.74) is 9.13. The molecule has 0 saturated carbocycles. The van der Waals surface area contributed by atoms with Crippen LogP contribution < -0.4 is 15.5 Å². The summed E-state index contributed by atoms with van der Waals surface area (Å²) in [4.78, 5) is 18.2. The molecule has 0 bridgehead atoms. The first-order valence-electron chi connectivity index (χ1n) is 12.0. The van der Waals surface area contributed by atoms with Crippen molar-refractivity contribution in [2.45, 2.75) is 18.9 Å². The molecule has 36 heavy (non-hydrogen) atoms. The fraction of sp³-hybridized carbons (Fsp3) is 0.346. The van der Waals surface area contributed by atoms with E-state index in [1.807, 2.05) is 18.3 Å². The van der Waals surface area contributed by atoms with Crippen LogP contribution in [0.2, 0.25) is 0 Å². The van der Waals surface area contributed by atoms with E-state index in [0.717, 1.165) is 72.7 Å². The zero-order valence-corrected chi connectivity index (χ0v) is 20.6. The number of hydrogen-bond donors (Lipinski definition) is 1. The molecule has 5 heterocycles. The normalized spacial score (nSPS) is 16.8. The highest BCUT2D eigenvalue weighted by molar-refractivity contribution is 6.06. The number of pyridine rings is 1. The van der Waals surface area contributed by atoms with Gasteiger partial charge in [-0.1, -0.05) is 12.1 Å². The number of nitrogens with two attached hydrogens (primary N) is 1. The van der Waals surface area contributed by atoms with E-state index in [2.05, 4.69) is 19.8 Å². The van der Waals surface area contributed by atoms with Gasteiger partial charge in [-0.2, -0.15) is 0 Å². The summed E-state index contributed by atoms with van der Waals surface area (Å²) >= 11 is 0. The van der Waals surface area contributed by atoms with Gasteiger partial charge in [-0.15, -0.1) is 12.4 Å². The third-order valence-corrected chi connectivity index (χ3v) is 6.79. The third kappa shape index (κ3) is 4.61. The molecule has 6 rings (SSSR count). The molecule has 3 aromatic heterocycles. The van der Waals surface area contributed by atoms with E-state index in [1.165, 1.54) is 18.5 Å². The maximum atomic E-state index is 13.8. The topological polar surface area (TPSA) is 93.5 Å². The van der Waals surface area contributed by atoms with Crippen molar-refractivity contribution in [2.75, 3.05) is 49.2 Å². The lowest BCUT2D eigenvalue weighted by molar-refractivity contribution is 0.122. The van der Waals surface area contributed by atoms with Crippen LogP contribution in [0, 0.1) is 5.82 Å². The Balaban J connectivity index is 0.00000267. The Hall–Kier alpha value is -3.27. The summed E-state index contributed by atoms with van der Waals surface area (Å²) in [6, 6.07) is 10.7. The van der Waals surface area contributed by atoms with E-state index < -0.39 is 0 Å². The highest BCUT2D eigenvalue weighted by Gasteiger charge is 2.27. The largest absolute Gasteiger partial charge is 0.437 e. The predicted octanol–water partition coefficient (Wildman–Crippen LogP) is 4.28. The molecule has 10 heteroatoms. The lowest BCUT2D eigenvalue weighted by Crippen LogP contribution is -2.40. The summed E-state index contributed by atoms with van der Waals surface area (Å²) in [6.45, 7) is 4.65. The molecule has 0 unspecified atom stereocenters. The van der Waals surface area contributed by atoms with Crippen molar-refractivity contribution in [2.24, 2.45) is 5.73 Å². The Morgan fingerprint density at radius 2 is 1.58 bits per heavy atom. The summed E-state index contributed by atoms with van der Waals surface area (Å²) in [6.07, 6.45) is 5.15. The van der Waals surface area contributed by atoms with Gasteiger partial charge in [0.15, 0.2) is 0 Å². The molecule has 0 aliphatic carbocycles. The van der Waals surface area contributed by atoms with Crippen LogP contribution in [0.5, 0.6) is 0 Å². The van der Waals surface area contributed by atoms with Crippen LogP contribution in [-0.2, 0) is 4.74 Å². The molecule has 2 aliphatic heterocycles. The standard InChI is InChI=1S/C26H27FN6O2.ClH/c27-19-4-1-17(2-5-19)22-23-25(33-9-7-20(28)8-10-33)30-16-31-26(23)35-24(22)18-3-6-21(29-15-18)32-11-13-34-14-12-32;/h1-6,15-16,20H,7-14,28H2;1H. The SMILES string of the molecule is Cl.NC1CCN(c2ncnc3oc(-c4ccc(N5CCOCC5)nc4)c(-c4ccc(F)cc4)c23)CC1. The van der Waals surface area contributed by atoms with Gasteiger partial charge in [-0.3, -0.25) is 0 Å². The quantitative estimate of drug-likeness (QED) is 0.435. The fourth-order valence-corrected chi connectivity index (χ4v) is 4.86. The van der Waals surface area contributed by atoms with Crippen molar-refractivity contribution in [1.82, 2.24) is 15.0 Å². The van der Waals surface area contributed by atoms with Crippen molar-refractivity contribution in [3.8, 4) is 22.5 Å². The number of nitrogens with zero attached hydrogens (tertiary/aromatic N) is 5. The molecule has 2 saturated heterocycles. The Morgan fingerprint density at radius 3 is 2.28 bits per heavy atom. The average molecular weight is 511 g/mol. The zero-order chi connectivity index (χ0) is 23.8. The van der Waals surface area contributed by atoms with E-state index in [4.69, 9.17) is 19.9 Å². The molecule has 0 amide bonds. The number of anilines is 2. The highest BCUT2D eigenvalue weighted by Crippen LogP contribution is 2.43. The van der Waals surface area contributed by atoms with E-state index in [-0.39, 0.29) is 24.3 Å². The maximum absolute atomic E-state index is 13.8. The molecule has 8 nitrogen and oxygen atoms in total. The first-order chi connectivity index (χ1) is 17.2. The van der Waals surface area contributed by atoms with Crippen molar-refractivity contribution in [3.63, 3.8) is 0 Å². The molecule has 2 N–H and O–H groups in total. The van der Waals surface area contributed by atoms with Crippen LogP contribution in [0.15, 0.2) is 53.3 Å². The molecule has 1 aromatic carbocycles. The molecule has 0 atom stereocenters. The molecule has 4 aromatic rings. The van der Waals surface area contributed by atoms with Crippen molar-refractivity contribution >= 4 is 35.1 Å².